The average molecular weight is 281 g/mol. The van der Waals surface area contributed by atoms with Gasteiger partial charge in [0.05, 0.1) is 12.8 Å². The standard InChI is InChI=1S/C13H12FNO3S/c1-6-10(15)12(13(16)17)19-11(6)7-3-4-9(18-2)8(14)5-7/h3-5H,15H2,1-2H3,(H,16,17). The van der Waals surface area contributed by atoms with Crippen molar-refractivity contribution in [1.29, 1.82) is 0 Å². The Balaban J connectivity index is 2.56. The van der Waals surface area contributed by atoms with Crippen molar-refractivity contribution in [3.05, 3.63) is 34.5 Å². The number of carboxylic acids is 1. The summed E-state index contributed by atoms with van der Waals surface area (Å²) in [6.45, 7) is 1.72. The molecule has 0 spiro atoms. The Morgan fingerprint density at radius 3 is 2.63 bits per heavy atom. The van der Waals surface area contributed by atoms with Crippen LogP contribution in [0.1, 0.15) is 15.2 Å². The van der Waals surface area contributed by atoms with E-state index in [1.165, 1.54) is 19.2 Å². The quantitative estimate of drug-likeness (QED) is 0.906. The average Bonchev–Trinajstić information content (AvgIpc) is 2.66. The summed E-state index contributed by atoms with van der Waals surface area (Å²) in [6, 6.07) is 4.48. The SMILES string of the molecule is COc1ccc(-c2sc(C(=O)O)c(N)c2C)cc1F. The van der Waals surface area contributed by atoms with E-state index in [1.54, 1.807) is 13.0 Å². The van der Waals surface area contributed by atoms with Crippen LogP contribution in [-0.4, -0.2) is 18.2 Å². The zero-order chi connectivity index (χ0) is 14.2. The summed E-state index contributed by atoms with van der Waals surface area (Å²) in [5.41, 5.74) is 7.20. The summed E-state index contributed by atoms with van der Waals surface area (Å²) in [7, 11) is 1.38. The van der Waals surface area contributed by atoms with Crippen molar-refractivity contribution in [3.63, 3.8) is 0 Å². The molecule has 19 heavy (non-hydrogen) atoms. The van der Waals surface area contributed by atoms with E-state index < -0.39 is 11.8 Å². The van der Waals surface area contributed by atoms with Crippen LogP contribution >= 0.6 is 11.3 Å². The van der Waals surface area contributed by atoms with Crippen LogP contribution in [0.2, 0.25) is 0 Å². The number of nitrogens with two attached hydrogens (primary N) is 1. The molecule has 1 heterocycles. The van der Waals surface area contributed by atoms with Gasteiger partial charge in [0.2, 0.25) is 0 Å². The minimum atomic E-state index is -1.08. The zero-order valence-corrected chi connectivity index (χ0v) is 11.2. The van der Waals surface area contributed by atoms with Gasteiger partial charge >= 0.3 is 5.97 Å². The molecule has 6 heteroatoms. The second-order valence-electron chi connectivity index (χ2n) is 3.95. The van der Waals surface area contributed by atoms with Crippen molar-refractivity contribution in [2.45, 2.75) is 6.92 Å². The third-order valence-corrected chi connectivity index (χ3v) is 4.15. The van der Waals surface area contributed by atoms with E-state index in [2.05, 4.69) is 0 Å². The third-order valence-electron chi connectivity index (χ3n) is 2.80. The van der Waals surface area contributed by atoms with Crippen molar-refractivity contribution >= 4 is 23.0 Å². The second kappa shape index (κ2) is 4.89. The van der Waals surface area contributed by atoms with E-state index >= 15 is 0 Å². The van der Waals surface area contributed by atoms with Crippen LogP contribution in [0.15, 0.2) is 18.2 Å². The van der Waals surface area contributed by atoms with E-state index in [0.717, 1.165) is 11.3 Å². The molecular formula is C13H12FNO3S. The number of carbonyl (C=O) groups is 1. The van der Waals surface area contributed by atoms with Crippen LogP contribution in [0.5, 0.6) is 5.75 Å². The molecule has 4 nitrogen and oxygen atoms in total. The highest BCUT2D eigenvalue weighted by Crippen LogP contribution is 2.39. The number of methoxy groups -OCH3 is 1. The molecule has 0 aliphatic heterocycles. The predicted molar refractivity (Wildman–Crippen MR) is 72.4 cm³/mol. The Hall–Kier alpha value is -2.08. The molecule has 0 radical (unpaired) electrons. The molecule has 3 N–H and O–H groups in total. The van der Waals surface area contributed by atoms with E-state index in [4.69, 9.17) is 15.6 Å². The molecule has 1 aromatic heterocycles. The lowest BCUT2D eigenvalue weighted by Crippen LogP contribution is -1.97. The van der Waals surface area contributed by atoms with Gasteiger partial charge in [0.25, 0.3) is 0 Å². The van der Waals surface area contributed by atoms with Crippen LogP contribution in [0.3, 0.4) is 0 Å². The van der Waals surface area contributed by atoms with Crippen molar-refractivity contribution in [1.82, 2.24) is 0 Å². The van der Waals surface area contributed by atoms with Crippen LogP contribution in [0.4, 0.5) is 10.1 Å². The molecule has 0 aliphatic rings. The molecule has 2 rings (SSSR count). The third kappa shape index (κ3) is 2.26. The summed E-state index contributed by atoms with van der Waals surface area (Å²) in [4.78, 5) is 11.7. The van der Waals surface area contributed by atoms with Gasteiger partial charge in [-0.25, -0.2) is 9.18 Å². The molecule has 100 valence electrons. The van der Waals surface area contributed by atoms with Crippen LogP contribution in [-0.2, 0) is 0 Å². The number of anilines is 1. The van der Waals surface area contributed by atoms with Crippen molar-refractivity contribution in [3.8, 4) is 16.2 Å². The molecule has 0 atom stereocenters. The normalized spacial score (nSPS) is 10.5. The first-order valence-corrected chi connectivity index (χ1v) is 6.23. The number of ether oxygens (including phenoxy) is 1. The monoisotopic (exact) mass is 281 g/mol. The van der Waals surface area contributed by atoms with Crippen LogP contribution in [0, 0.1) is 12.7 Å². The maximum absolute atomic E-state index is 13.7. The lowest BCUT2D eigenvalue weighted by atomic mass is 10.1. The number of thiophene rings is 1. The summed E-state index contributed by atoms with van der Waals surface area (Å²) in [5, 5.41) is 9.02. The topological polar surface area (TPSA) is 72.5 Å². The van der Waals surface area contributed by atoms with Gasteiger partial charge in [-0.1, -0.05) is 0 Å². The number of hydrogen-bond acceptors (Lipinski definition) is 4. The first-order valence-electron chi connectivity index (χ1n) is 5.41. The summed E-state index contributed by atoms with van der Waals surface area (Å²) >= 11 is 1.04. The molecule has 0 fully saturated rings. The Labute approximate surface area is 113 Å². The largest absolute Gasteiger partial charge is 0.494 e. The second-order valence-corrected chi connectivity index (χ2v) is 4.97. The Kier molecular flexibility index (Phi) is 3.44. The van der Waals surface area contributed by atoms with Crippen LogP contribution < -0.4 is 10.5 Å². The molecule has 0 amide bonds. The molecule has 2 aromatic rings. The van der Waals surface area contributed by atoms with E-state index in [1.807, 2.05) is 0 Å². The molecule has 0 saturated carbocycles. The van der Waals surface area contributed by atoms with E-state index in [9.17, 15) is 9.18 Å². The van der Waals surface area contributed by atoms with E-state index in [-0.39, 0.29) is 16.3 Å². The zero-order valence-electron chi connectivity index (χ0n) is 10.4. The molecular weight excluding hydrogens is 269 g/mol. The smallest absolute Gasteiger partial charge is 0.348 e. The van der Waals surface area contributed by atoms with Gasteiger partial charge in [-0.15, -0.1) is 11.3 Å². The summed E-state index contributed by atoms with van der Waals surface area (Å²) < 4.78 is 18.5. The van der Waals surface area contributed by atoms with Crippen LogP contribution in [0.25, 0.3) is 10.4 Å². The first-order chi connectivity index (χ1) is 8.95. The molecule has 0 aliphatic carbocycles. The Morgan fingerprint density at radius 2 is 2.16 bits per heavy atom. The van der Waals surface area contributed by atoms with E-state index in [0.29, 0.717) is 16.0 Å². The fourth-order valence-corrected chi connectivity index (χ4v) is 2.83. The number of benzene rings is 1. The van der Waals surface area contributed by atoms with Crippen molar-refractivity contribution in [2.75, 3.05) is 12.8 Å². The minimum Gasteiger partial charge on any atom is -0.494 e. The predicted octanol–water partition coefficient (Wildman–Crippen LogP) is 3.15. The fourth-order valence-electron chi connectivity index (χ4n) is 1.77. The molecule has 0 unspecified atom stereocenters. The molecule has 0 bridgehead atoms. The van der Waals surface area contributed by atoms with Gasteiger partial charge in [-0.3, -0.25) is 0 Å². The van der Waals surface area contributed by atoms with Gasteiger partial charge in [0.15, 0.2) is 11.6 Å². The first kappa shape index (κ1) is 13.4. The number of carboxylic acid groups (broad SMARTS) is 1. The molecule has 0 saturated heterocycles. The highest BCUT2D eigenvalue weighted by Gasteiger charge is 2.19. The Bertz CT molecular complexity index is 652. The molecule has 1 aromatic carbocycles. The van der Waals surface area contributed by atoms with Gasteiger partial charge in [0.1, 0.15) is 4.88 Å². The summed E-state index contributed by atoms with van der Waals surface area (Å²) in [6.07, 6.45) is 0. The number of nitrogen functional groups attached to an aromatic ring is 1. The minimum absolute atomic E-state index is 0.0729. The number of halogens is 1. The van der Waals surface area contributed by atoms with Gasteiger partial charge in [-0.2, -0.15) is 0 Å². The maximum Gasteiger partial charge on any atom is 0.348 e. The van der Waals surface area contributed by atoms with Gasteiger partial charge in [-0.05, 0) is 36.2 Å². The highest BCUT2D eigenvalue weighted by molar-refractivity contribution is 7.18. The maximum atomic E-state index is 13.7. The number of aromatic carboxylic acids is 1. The van der Waals surface area contributed by atoms with Gasteiger partial charge < -0.3 is 15.6 Å². The summed E-state index contributed by atoms with van der Waals surface area (Å²) in [5.74, 6) is -1.43. The lowest BCUT2D eigenvalue weighted by molar-refractivity contribution is 0.0703. The van der Waals surface area contributed by atoms with Crippen molar-refractivity contribution < 1.29 is 19.0 Å². The fraction of sp³-hybridized carbons (Fsp3) is 0.154. The van der Waals surface area contributed by atoms with Gasteiger partial charge in [0, 0.05) is 4.88 Å². The Morgan fingerprint density at radius 1 is 1.47 bits per heavy atom. The number of hydrogen-bond donors (Lipinski definition) is 2. The highest BCUT2D eigenvalue weighted by atomic mass is 32.1. The lowest BCUT2D eigenvalue weighted by Gasteiger charge is -2.04. The number of rotatable bonds is 3. The van der Waals surface area contributed by atoms with Crippen molar-refractivity contribution in [2.24, 2.45) is 0 Å².